The molecule has 1 rings (SSSR count). The molecule has 13 heavy (non-hydrogen) atoms. The van der Waals surface area contributed by atoms with E-state index >= 15 is 0 Å². The van der Waals surface area contributed by atoms with Crippen LogP contribution in [0.1, 0.15) is 5.56 Å². The maximum absolute atomic E-state index is 13.1. The van der Waals surface area contributed by atoms with Gasteiger partial charge in [0.05, 0.1) is 0 Å². The number of benzene rings is 1. The van der Waals surface area contributed by atoms with Crippen LogP contribution in [0.4, 0.5) is 4.39 Å². The average molecular weight is 200 g/mol. The Kier molecular flexibility index (Phi) is 3.55. The van der Waals surface area contributed by atoms with Crippen LogP contribution in [0.2, 0.25) is 5.02 Å². The monoisotopic (exact) mass is 199 g/mol. The molecule has 0 N–H and O–H groups in total. The lowest BCUT2D eigenvalue weighted by atomic mass is 10.1. The van der Waals surface area contributed by atoms with Crippen molar-refractivity contribution in [1.29, 1.82) is 0 Å². The topological polar surface area (TPSA) is 48.8 Å². The number of nitrogens with zero attached hydrogens (tertiary/aromatic N) is 3. The molecule has 0 aliphatic carbocycles. The van der Waals surface area contributed by atoms with Crippen LogP contribution in [-0.2, 0) is 6.42 Å². The first-order valence-corrected chi connectivity index (χ1v) is 4.07. The van der Waals surface area contributed by atoms with E-state index in [1.807, 2.05) is 0 Å². The van der Waals surface area contributed by atoms with Gasteiger partial charge in [-0.05, 0) is 24.1 Å². The van der Waals surface area contributed by atoms with Crippen molar-refractivity contribution in [3.05, 3.63) is 45.0 Å². The van der Waals surface area contributed by atoms with Crippen LogP contribution in [0.5, 0.6) is 0 Å². The molecule has 3 nitrogen and oxygen atoms in total. The summed E-state index contributed by atoms with van der Waals surface area (Å²) < 4.78 is 13.1. The molecule has 0 spiro atoms. The lowest BCUT2D eigenvalue weighted by Gasteiger charge is -2.02. The molecule has 0 radical (unpaired) electrons. The second-order valence-electron chi connectivity index (χ2n) is 2.40. The van der Waals surface area contributed by atoms with Gasteiger partial charge in [-0.25, -0.2) is 4.39 Å². The van der Waals surface area contributed by atoms with Crippen LogP contribution in [0.15, 0.2) is 23.3 Å². The van der Waals surface area contributed by atoms with Crippen molar-refractivity contribution in [1.82, 2.24) is 0 Å². The summed E-state index contributed by atoms with van der Waals surface area (Å²) >= 11 is 5.73. The summed E-state index contributed by atoms with van der Waals surface area (Å²) in [6.07, 6.45) is 0.329. The van der Waals surface area contributed by atoms with Crippen molar-refractivity contribution < 1.29 is 4.39 Å². The Bertz CT molecular complexity index is 327. The Morgan fingerprint density at radius 2 is 2.31 bits per heavy atom. The summed E-state index contributed by atoms with van der Waals surface area (Å²) in [5.41, 5.74) is 8.41. The highest BCUT2D eigenvalue weighted by atomic mass is 35.5. The van der Waals surface area contributed by atoms with Crippen LogP contribution < -0.4 is 0 Å². The standard InChI is InChI=1S/C8H7ClFN3/c9-7-2-1-3-8(10)6(7)4-5-12-13-11/h1-3H,4-5H2. The van der Waals surface area contributed by atoms with Crippen molar-refractivity contribution in [3.8, 4) is 0 Å². The van der Waals surface area contributed by atoms with E-state index in [2.05, 4.69) is 10.0 Å². The third kappa shape index (κ3) is 2.61. The summed E-state index contributed by atoms with van der Waals surface area (Å²) in [5.74, 6) is -0.361. The van der Waals surface area contributed by atoms with E-state index in [1.165, 1.54) is 12.1 Å². The quantitative estimate of drug-likeness (QED) is 0.407. The first-order valence-electron chi connectivity index (χ1n) is 3.69. The average Bonchev–Trinajstić information content (AvgIpc) is 2.10. The highest BCUT2D eigenvalue weighted by Crippen LogP contribution is 2.19. The van der Waals surface area contributed by atoms with Gasteiger partial charge in [-0.2, -0.15) is 0 Å². The zero-order chi connectivity index (χ0) is 9.68. The fourth-order valence-electron chi connectivity index (χ4n) is 0.978. The van der Waals surface area contributed by atoms with Gasteiger partial charge < -0.3 is 0 Å². The Hall–Kier alpha value is -1.25. The van der Waals surface area contributed by atoms with E-state index in [9.17, 15) is 4.39 Å². The van der Waals surface area contributed by atoms with Crippen LogP contribution in [0.3, 0.4) is 0 Å². The number of azide groups is 1. The van der Waals surface area contributed by atoms with Crippen LogP contribution in [-0.4, -0.2) is 6.54 Å². The predicted molar refractivity (Wildman–Crippen MR) is 49.1 cm³/mol. The molecule has 0 saturated heterocycles. The van der Waals surface area contributed by atoms with Gasteiger partial charge in [0.25, 0.3) is 0 Å². The zero-order valence-electron chi connectivity index (χ0n) is 6.74. The van der Waals surface area contributed by atoms with Gasteiger partial charge in [-0.1, -0.05) is 22.8 Å². The predicted octanol–water partition coefficient (Wildman–Crippen LogP) is 3.33. The maximum atomic E-state index is 13.1. The van der Waals surface area contributed by atoms with Gasteiger partial charge in [0.2, 0.25) is 0 Å². The summed E-state index contributed by atoms with van der Waals surface area (Å²) in [6, 6.07) is 4.47. The molecule has 0 heterocycles. The minimum absolute atomic E-state index is 0.219. The molecule has 0 unspecified atom stereocenters. The SMILES string of the molecule is [N-]=[N+]=NCCc1c(F)cccc1Cl. The van der Waals surface area contributed by atoms with E-state index in [-0.39, 0.29) is 12.4 Å². The van der Waals surface area contributed by atoms with E-state index in [0.717, 1.165) is 0 Å². The second-order valence-corrected chi connectivity index (χ2v) is 2.81. The first kappa shape index (κ1) is 9.84. The molecule has 0 aliphatic heterocycles. The molecule has 1 aromatic rings. The largest absolute Gasteiger partial charge is 0.207 e. The molecule has 0 amide bonds. The Morgan fingerprint density at radius 1 is 1.54 bits per heavy atom. The maximum Gasteiger partial charge on any atom is 0.127 e. The normalized spacial score (nSPS) is 9.38. The zero-order valence-corrected chi connectivity index (χ0v) is 7.50. The second kappa shape index (κ2) is 4.70. The fourth-order valence-corrected chi connectivity index (χ4v) is 1.24. The molecular weight excluding hydrogens is 193 g/mol. The molecule has 0 aliphatic rings. The van der Waals surface area contributed by atoms with E-state index in [4.69, 9.17) is 17.1 Å². The molecule has 0 atom stereocenters. The molecule has 0 aromatic heterocycles. The first-order chi connectivity index (χ1) is 6.25. The van der Waals surface area contributed by atoms with Crippen molar-refractivity contribution >= 4 is 11.6 Å². The lowest BCUT2D eigenvalue weighted by Crippen LogP contribution is -1.94. The van der Waals surface area contributed by atoms with Crippen molar-refractivity contribution in [2.24, 2.45) is 5.11 Å². The minimum Gasteiger partial charge on any atom is -0.207 e. The highest BCUT2D eigenvalue weighted by molar-refractivity contribution is 6.31. The van der Waals surface area contributed by atoms with Gasteiger partial charge >= 0.3 is 0 Å². The van der Waals surface area contributed by atoms with Crippen molar-refractivity contribution in [2.45, 2.75) is 6.42 Å². The number of hydrogen-bond acceptors (Lipinski definition) is 1. The highest BCUT2D eigenvalue weighted by Gasteiger charge is 2.04. The summed E-state index contributed by atoms with van der Waals surface area (Å²) in [6.45, 7) is 0.219. The molecular formula is C8H7ClFN3. The van der Waals surface area contributed by atoms with Gasteiger partial charge in [-0.3, -0.25) is 0 Å². The Labute approximate surface area is 79.8 Å². The summed E-state index contributed by atoms with van der Waals surface area (Å²) in [4.78, 5) is 2.57. The van der Waals surface area contributed by atoms with E-state index in [0.29, 0.717) is 17.0 Å². The molecule has 0 saturated carbocycles. The van der Waals surface area contributed by atoms with Crippen LogP contribution in [0.25, 0.3) is 10.4 Å². The third-order valence-electron chi connectivity index (χ3n) is 1.59. The third-order valence-corrected chi connectivity index (χ3v) is 1.94. The number of rotatable bonds is 3. The molecule has 0 bridgehead atoms. The van der Waals surface area contributed by atoms with Crippen LogP contribution >= 0.6 is 11.6 Å². The summed E-state index contributed by atoms with van der Waals surface area (Å²) in [5, 5.41) is 3.67. The van der Waals surface area contributed by atoms with Gasteiger partial charge in [0.15, 0.2) is 0 Å². The number of hydrogen-bond donors (Lipinski definition) is 0. The Balaban J connectivity index is 2.80. The Morgan fingerprint density at radius 3 is 2.92 bits per heavy atom. The van der Waals surface area contributed by atoms with E-state index < -0.39 is 0 Å². The van der Waals surface area contributed by atoms with Gasteiger partial charge in [-0.15, -0.1) is 0 Å². The molecule has 1 aromatic carbocycles. The molecule has 0 fully saturated rings. The minimum atomic E-state index is -0.361. The smallest absolute Gasteiger partial charge is 0.127 e. The van der Waals surface area contributed by atoms with Gasteiger partial charge in [0.1, 0.15) is 5.82 Å². The molecule has 68 valence electrons. The fraction of sp³-hybridized carbons (Fsp3) is 0.250. The van der Waals surface area contributed by atoms with Crippen LogP contribution in [0, 0.1) is 5.82 Å². The number of halogens is 2. The summed E-state index contributed by atoms with van der Waals surface area (Å²) in [7, 11) is 0. The lowest BCUT2D eigenvalue weighted by molar-refractivity contribution is 0.609. The van der Waals surface area contributed by atoms with Crippen molar-refractivity contribution in [3.63, 3.8) is 0 Å². The van der Waals surface area contributed by atoms with E-state index in [1.54, 1.807) is 6.07 Å². The molecule has 5 heteroatoms. The van der Waals surface area contributed by atoms with Crippen molar-refractivity contribution in [2.75, 3.05) is 6.54 Å². The van der Waals surface area contributed by atoms with Gasteiger partial charge in [0, 0.05) is 22.0 Å².